The van der Waals surface area contributed by atoms with Gasteiger partial charge in [0.1, 0.15) is 0 Å². The van der Waals surface area contributed by atoms with E-state index in [0.29, 0.717) is 6.04 Å². The van der Waals surface area contributed by atoms with Crippen LogP contribution < -0.4 is 5.32 Å². The molecule has 1 aliphatic rings. The zero-order valence-electron chi connectivity index (χ0n) is 10.7. The van der Waals surface area contributed by atoms with Crippen molar-refractivity contribution in [1.29, 1.82) is 0 Å². The third-order valence-electron chi connectivity index (χ3n) is 2.82. The molecule has 0 radical (unpaired) electrons. The van der Waals surface area contributed by atoms with Gasteiger partial charge in [-0.2, -0.15) is 0 Å². The average molecular weight is 214 g/mol. The number of rotatable bonds is 4. The van der Waals surface area contributed by atoms with Gasteiger partial charge in [0.2, 0.25) is 0 Å². The maximum atomic E-state index is 5.75. The molecule has 0 aromatic carbocycles. The van der Waals surface area contributed by atoms with E-state index in [-0.39, 0.29) is 5.60 Å². The van der Waals surface area contributed by atoms with Gasteiger partial charge in [0, 0.05) is 25.7 Å². The molecule has 1 N–H and O–H groups in total. The van der Waals surface area contributed by atoms with Crippen LogP contribution in [-0.4, -0.2) is 49.3 Å². The molecule has 1 saturated heterocycles. The number of hydrogen-bond donors (Lipinski definition) is 1. The predicted molar refractivity (Wildman–Crippen MR) is 64.2 cm³/mol. The summed E-state index contributed by atoms with van der Waals surface area (Å²) < 4.78 is 5.75. The molecular weight excluding hydrogens is 188 g/mol. The highest BCUT2D eigenvalue weighted by Crippen LogP contribution is 2.13. The van der Waals surface area contributed by atoms with Crippen LogP contribution in [0, 0.1) is 0 Å². The fourth-order valence-corrected chi connectivity index (χ4v) is 2.31. The van der Waals surface area contributed by atoms with Crippen LogP contribution in [0.4, 0.5) is 0 Å². The van der Waals surface area contributed by atoms with E-state index in [2.05, 4.69) is 37.9 Å². The maximum Gasteiger partial charge on any atom is 0.0752 e. The van der Waals surface area contributed by atoms with E-state index < -0.39 is 0 Å². The highest BCUT2D eigenvalue weighted by molar-refractivity contribution is 4.79. The average Bonchev–Trinajstić information content (AvgIpc) is 2.28. The Morgan fingerprint density at radius 3 is 2.87 bits per heavy atom. The second kappa shape index (κ2) is 5.83. The summed E-state index contributed by atoms with van der Waals surface area (Å²) >= 11 is 0. The quantitative estimate of drug-likeness (QED) is 0.767. The largest absolute Gasteiger partial charge is 0.375 e. The number of nitrogens with one attached hydrogen (secondary N) is 1. The lowest BCUT2D eigenvalue weighted by Gasteiger charge is -2.32. The van der Waals surface area contributed by atoms with Crippen LogP contribution in [0.3, 0.4) is 0 Å². The Morgan fingerprint density at radius 2 is 2.20 bits per heavy atom. The van der Waals surface area contributed by atoms with Crippen molar-refractivity contribution in [2.75, 3.05) is 32.8 Å². The standard InChI is InChI=1S/C12H26N2O/c1-5-15-12(3,4)10-14-8-6-7-13-11(2)9-14/h11,13H,5-10H2,1-4H3. The molecule has 1 aliphatic heterocycles. The first-order valence-electron chi connectivity index (χ1n) is 6.13. The Labute approximate surface area is 94.2 Å². The third kappa shape index (κ3) is 4.96. The third-order valence-corrected chi connectivity index (χ3v) is 2.82. The van der Waals surface area contributed by atoms with Crippen LogP contribution >= 0.6 is 0 Å². The Bertz CT molecular complexity index is 182. The van der Waals surface area contributed by atoms with Gasteiger partial charge in [0.15, 0.2) is 0 Å². The van der Waals surface area contributed by atoms with Crippen LogP contribution in [0.5, 0.6) is 0 Å². The molecular formula is C12H26N2O. The monoisotopic (exact) mass is 214 g/mol. The zero-order chi connectivity index (χ0) is 11.3. The summed E-state index contributed by atoms with van der Waals surface area (Å²) in [5.74, 6) is 0. The van der Waals surface area contributed by atoms with Gasteiger partial charge in [-0.15, -0.1) is 0 Å². The second-order valence-electron chi connectivity index (χ2n) is 5.14. The van der Waals surface area contributed by atoms with Crippen LogP contribution in [0.2, 0.25) is 0 Å². The summed E-state index contributed by atoms with van der Waals surface area (Å²) in [4.78, 5) is 2.51. The van der Waals surface area contributed by atoms with E-state index in [4.69, 9.17) is 4.74 Å². The van der Waals surface area contributed by atoms with Crippen molar-refractivity contribution in [3.63, 3.8) is 0 Å². The number of nitrogens with zero attached hydrogens (tertiary/aromatic N) is 1. The molecule has 1 heterocycles. The van der Waals surface area contributed by atoms with Gasteiger partial charge in [-0.1, -0.05) is 0 Å². The van der Waals surface area contributed by atoms with Crippen molar-refractivity contribution in [3.8, 4) is 0 Å². The van der Waals surface area contributed by atoms with E-state index in [1.165, 1.54) is 13.0 Å². The van der Waals surface area contributed by atoms with E-state index in [0.717, 1.165) is 26.2 Å². The van der Waals surface area contributed by atoms with Gasteiger partial charge in [0.05, 0.1) is 5.60 Å². The molecule has 3 heteroatoms. The molecule has 15 heavy (non-hydrogen) atoms. The Kier molecular flexibility index (Phi) is 5.03. The van der Waals surface area contributed by atoms with E-state index in [9.17, 15) is 0 Å². The lowest BCUT2D eigenvalue weighted by molar-refractivity contribution is -0.0340. The van der Waals surface area contributed by atoms with Gasteiger partial charge in [0.25, 0.3) is 0 Å². The minimum Gasteiger partial charge on any atom is -0.375 e. The molecule has 1 rings (SSSR count). The molecule has 0 aliphatic carbocycles. The minimum absolute atomic E-state index is 0.0151. The highest BCUT2D eigenvalue weighted by atomic mass is 16.5. The van der Waals surface area contributed by atoms with Crippen LogP contribution in [-0.2, 0) is 4.74 Å². The predicted octanol–water partition coefficient (Wildman–Crippen LogP) is 1.49. The smallest absolute Gasteiger partial charge is 0.0752 e. The van der Waals surface area contributed by atoms with E-state index >= 15 is 0 Å². The normalized spacial score (nSPS) is 25.2. The molecule has 0 aromatic rings. The van der Waals surface area contributed by atoms with Crippen LogP contribution in [0.25, 0.3) is 0 Å². The van der Waals surface area contributed by atoms with Crippen LogP contribution in [0.15, 0.2) is 0 Å². The lowest BCUT2D eigenvalue weighted by Crippen LogP contribution is -2.44. The SMILES string of the molecule is CCOC(C)(C)CN1CCCNC(C)C1. The molecule has 0 bridgehead atoms. The zero-order valence-corrected chi connectivity index (χ0v) is 10.7. The van der Waals surface area contributed by atoms with Gasteiger partial charge >= 0.3 is 0 Å². The van der Waals surface area contributed by atoms with Crippen molar-refractivity contribution in [2.45, 2.75) is 45.8 Å². The summed E-state index contributed by atoms with van der Waals surface area (Å²) in [7, 11) is 0. The van der Waals surface area contributed by atoms with Gasteiger partial charge in [-0.05, 0) is 47.2 Å². The molecule has 3 nitrogen and oxygen atoms in total. The number of hydrogen-bond acceptors (Lipinski definition) is 3. The summed E-state index contributed by atoms with van der Waals surface area (Å²) in [6, 6.07) is 0.602. The molecule has 0 saturated carbocycles. The van der Waals surface area contributed by atoms with E-state index in [1.54, 1.807) is 0 Å². The Hall–Kier alpha value is -0.120. The molecule has 0 spiro atoms. The fraction of sp³-hybridized carbons (Fsp3) is 1.00. The Morgan fingerprint density at radius 1 is 1.47 bits per heavy atom. The first-order chi connectivity index (χ1) is 7.03. The van der Waals surface area contributed by atoms with E-state index in [1.807, 2.05) is 0 Å². The summed E-state index contributed by atoms with van der Waals surface area (Å²) in [5.41, 5.74) is -0.0151. The van der Waals surface area contributed by atoms with Gasteiger partial charge < -0.3 is 10.1 Å². The highest BCUT2D eigenvalue weighted by Gasteiger charge is 2.23. The van der Waals surface area contributed by atoms with Crippen LogP contribution in [0.1, 0.15) is 34.1 Å². The van der Waals surface area contributed by atoms with Crippen molar-refractivity contribution >= 4 is 0 Å². The van der Waals surface area contributed by atoms with Crippen molar-refractivity contribution < 1.29 is 4.74 Å². The number of ether oxygens (including phenoxy) is 1. The van der Waals surface area contributed by atoms with Gasteiger partial charge in [-0.3, -0.25) is 4.90 Å². The fourth-order valence-electron chi connectivity index (χ4n) is 2.31. The maximum absolute atomic E-state index is 5.75. The molecule has 1 fully saturated rings. The van der Waals surface area contributed by atoms with Gasteiger partial charge in [-0.25, -0.2) is 0 Å². The molecule has 90 valence electrons. The second-order valence-corrected chi connectivity index (χ2v) is 5.14. The Balaban J connectivity index is 2.41. The molecule has 1 unspecified atom stereocenters. The topological polar surface area (TPSA) is 24.5 Å². The van der Waals surface area contributed by atoms with Crippen molar-refractivity contribution in [3.05, 3.63) is 0 Å². The summed E-state index contributed by atoms with van der Waals surface area (Å²) in [5, 5.41) is 3.51. The molecule has 1 atom stereocenters. The minimum atomic E-state index is -0.0151. The molecule has 0 amide bonds. The van der Waals surface area contributed by atoms with Crippen molar-refractivity contribution in [2.24, 2.45) is 0 Å². The van der Waals surface area contributed by atoms with Crippen molar-refractivity contribution in [1.82, 2.24) is 10.2 Å². The first kappa shape index (κ1) is 12.9. The summed E-state index contributed by atoms with van der Waals surface area (Å²) in [6.07, 6.45) is 1.24. The first-order valence-corrected chi connectivity index (χ1v) is 6.13. The molecule has 0 aromatic heterocycles. The lowest BCUT2D eigenvalue weighted by atomic mass is 10.1. The summed E-state index contributed by atoms with van der Waals surface area (Å²) in [6.45, 7) is 14.0.